The van der Waals surface area contributed by atoms with Crippen LogP contribution in [0.3, 0.4) is 0 Å². The average Bonchev–Trinajstić information content (AvgIpc) is 3.11. The van der Waals surface area contributed by atoms with Gasteiger partial charge in [0.15, 0.2) is 5.75 Å². The van der Waals surface area contributed by atoms with Crippen LogP contribution in [0.5, 0.6) is 5.75 Å². The lowest BCUT2D eigenvalue weighted by Gasteiger charge is -2.25. The zero-order valence-corrected chi connectivity index (χ0v) is 14.0. The van der Waals surface area contributed by atoms with E-state index in [0.29, 0.717) is 16.7 Å². The van der Waals surface area contributed by atoms with Crippen molar-refractivity contribution in [2.24, 2.45) is 5.73 Å². The third-order valence-electron chi connectivity index (χ3n) is 4.91. The Morgan fingerprint density at radius 3 is 2.63 bits per heavy atom. The van der Waals surface area contributed by atoms with E-state index in [-0.39, 0.29) is 17.0 Å². The molecule has 2 aromatic carbocycles. The minimum atomic E-state index is -0.671. The van der Waals surface area contributed by atoms with Gasteiger partial charge in [-0.2, -0.15) is 5.26 Å². The van der Waals surface area contributed by atoms with Crippen molar-refractivity contribution < 1.29 is 9.15 Å². The molecule has 3 heterocycles. The van der Waals surface area contributed by atoms with Crippen LogP contribution in [-0.4, -0.2) is 4.98 Å². The van der Waals surface area contributed by atoms with Crippen LogP contribution >= 0.6 is 0 Å². The Labute approximate surface area is 153 Å². The smallest absolute Gasteiger partial charge is 0.344 e. The summed E-state index contributed by atoms with van der Waals surface area (Å²) in [4.78, 5) is 16.0. The second kappa shape index (κ2) is 5.51. The van der Waals surface area contributed by atoms with Gasteiger partial charge in [0.25, 0.3) is 0 Å². The molecule has 2 aromatic heterocycles. The van der Waals surface area contributed by atoms with Gasteiger partial charge >= 0.3 is 5.63 Å². The van der Waals surface area contributed by atoms with Gasteiger partial charge in [0, 0.05) is 17.1 Å². The number of nitrogens with two attached hydrogens (primary N) is 1. The lowest BCUT2D eigenvalue weighted by atomic mass is 9.83. The second-order valence-corrected chi connectivity index (χ2v) is 6.34. The average molecular weight is 355 g/mol. The lowest BCUT2D eigenvalue weighted by Crippen LogP contribution is -2.26. The van der Waals surface area contributed by atoms with Crippen molar-refractivity contribution in [3.63, 3.8) is 0 Å². The standard InChI is InChI=1S/C21H13N3O3/c22-9-13-17(14-10-24-15-7-3-1-5-11(14)15)18-19(27-20(13)23)12-6-2-4-8-16(12)26-21(18)25/h1-8,10,17,24H,23H2. The second-order valence-electron chi connectivity index (χ2n) is 6.34. The third-order valence-corrected chi connectivity index (χ3v) is 4.91. The maximum atomic E-state index is 12.9. The molecule has 0 bridgehead atoms. The van der Waals surface area contributed by atoms with Crippen LogP contribution in [0.1, 0.15) is 17.0 Å². The summed E-state index contributed by atoms with van der Waals surface area (Å²) < 4.78 is 11.2. The Morgan fingerprint density at radius 2 is 1.81 bits per heavy atom. The van der Waals surface area contributed by atoms with Crippen molar-refractivity contribution in [3.05, 3.63) is 87.7 Å². The van der Waals surface area contributed by atoms with Crippen molar-refractivity contribution in [1.29, 1.82) is 5.26 Å². The number of nitrogens with one attached hydrogen (secondary N) is 1. The lowest BCUT2D eigenvalue weighted by molar-refractivity contribution is 0.388. The van der Waals surface area contributed by atoms with E-state index in [2.05, 4.69) is 11.1 Å². The molecule has 0 aliphatic carbocycles. The predicted molar refractivity (Wildman–Crippen MR) is 100 cm³/mol. The molecule has 1 unspecified atom stereocenters. The highest BCUT2D eigenvalue weighted by atomic mass is 16.5. The normalized spacial score (nSPS) is 16.2. The first kappa shape index (κ1) is 15.3. The maximum absolute atomic E-state index is 12.9. The van der Waals surface area contributed by atoms with Crippen molar-refractivity contribution in [1.82, 2.24) is 4.98 Å². The van der Waals surface area contributed by atoms with E-state index < -0.39 is 11.5 Å². The molecule has 5 rings (SSSR count). The quantitative estimate of drug-likeness (QED) is 0.509. The molecule has 27 heavy (non-hydrogen) atoms. The fraction of sp³-hybridized carbons (Fsp3) is 0.0476. The van der Waals surface area contributed by atoms with Gasteiger partial charge in [0.05, 0.1) is 16.9 Å². The molecule has 6 nitrogen and oxygen atoms in total. The summed E-state index contributed by atoms with van der Waals surface area (Å²) in [6.45, 7) is 0. The molecule has 0 fully saturated rings. The van der Waals surface area contributed by atoms with E-state index in [0.717, 1.165) is 16.5 Å². The number of nitriles is 1. The van der Waals surface area contributed by atoms with Gasteiger partial charge in [-0.1, -0.05) is 30.3 Å². The van der Waals surface area contributed by atoms with Gasteiger partial charge in [-0.25, -0.2) is 4.79 Å². The highest BCUT2D eigenvalue weighted by Crippen LogP contribution is 2.45. The highest BCUT2D eigenvalue weighted by Gasteiger charge is 2.36. The summed E-state index contributed by atoms with van der Waals surface area (Å²) in [5.41, 5.74) is 8.10. The molecule has 1 aliphatic heterocycles. The summed E-state index contributed by atoms with van der Waals surface area (Å²) in [6, 6.07) is 16.9. The minimum Gasteiger partial charge on any atom is -0.439 e. The molecule has 4 aromatic rings. The van der Waals surface area contributed by atoms with E-state index in [9.17, 15) is 10.1 Å². The molecular weight excluding hydrogens is 342 g/mol. The fourth-order valence-corrected chi connectivity index (χ4v) is 3.71. The van der Waals surface area contributed by atoms with Crippen molar-refractivity contribution >= 4 is 21.9 Å². The number of hydrogen-bond acceptors (Lipinski definition) is 5. The minimum absolute atomic E-state index is 0.00367. The van der Waals surface area contributed by atoms with Crippen LogP contribution in [0.2, 0.25) is 0 Å². The Kier molecular flexibility index (Phi) is 3.12. The van der Waals surface area contributed by atoms with Gasteiger partial charge in [0.2, 0.25) is 5.88 Å². The zero-order valence-electron chi connectivity index (χ0n) is 14.0. The van der Waals surface area contributed by atoms with Crippen LogP contribution in [-0.2, 0) is 0 Å². The number of aromatic amines is 1. The summed E-state index contributed by atoms with van der Waals surface area (Å²) in [5.74, 6) is -0.333. The topological polar surface area (TPSA) is 105 Å². The Morgan fingerprint density at radius 1 is 1.07 bits per heavy atom. The van der Waals surface area contributed by atoms with E-state index >= 15 is 0 Å². The fourth-order valence-electron chi connectivity index (χ4n) is 3.71. The van der Waals surface area contributed by atoms with Crippen LogP contribution in [0.25, 0.3) is 21.9 Å². The number of benzene rings is 2. The van der Waals surface area contributed by atoms with Crippen LogP contribution in [0.15, 0.2) is 75.4 Å². The summed E-state index contributed by atoms with van der Waals surface area (Å²) in [5, 5.41) is 11.3. The van der Waals surface area contributed by atoms with E-state index in [1.165, 1.54) is 0 Å². The number of allylic oxidation sites excluding steroid dienone is 1. The molecule has 0 amide bonds. The van der Waals surface area contributed by atoms with E-state index in [1.54, 1.807) is 24.4 Å². The van der Waals surface area contributed by atoms with Crippen molar-refractivity contribution in [3.8, 4) is 11.8 Å². The zero-order chi connectivity index (χ0) is 18.5. The molecule has 0 spiro atoms. The summed E-state index contributed by atoms with van der Waals surface area (Å²) in [7, 11) is 0. The monoisotopic (exact) mass is 355 g/mol. The number of nitrogens with zero attached hydrogens (tertiary/aromatic N) is 1. The number of rotatable bonds is 1. The first-order chi connectivity index (χ1) is 13.2. The first-order valence-corrected chi connectivity index (χ1v) is 8.38. The van der Waals surface area contributed by atoms with Crippen molar-refractivity contribution in [2.45, 2.75) is 5.92 Å². The molecule has 1 atom stereocenters. The van der Waals surface area contributed by atoms with Gasteiger partial charge in [-0.05, 0) is 23.8 Å². The Balaban J connectivity index is 1.90. The van der Waals surface area contributed by atoms with Crippen molar-refractivity contribution in [2.75, 3.05) is 0 Å². The van der Waals surface area contributed by atoms with Crippen LogP contribution in [0.4, 0.5) is 0 Å². The molecule has 0 radical (unpaired) electrons. The number of fused-ring (bicyclic) bond motifs is 4. The Bertz CT molecular complexity index is 1350. The van der Waals surface area contributed by atoms with Gasteiger partial charge in [0.1, 0.15) is 17.2 Å². The third kappa shape index (κ3) is 2.09. The molecule has 0 saturated carbocycles. The summed E-state index contributed by atoms with van der Waals surface area (Å²) in [6.07, 6.45) is 1.80. The molecule has 6 heteroatoms. The number of ether oxygens (including phenoxy) is 1. The molecule has 130 valence electrons. The number of para-hydroxylation sites is 2. The van der Waals surface area contributed by atoms with Crippen LogP contribution < -0.4 is 16.1 Å². The molecule has 0 saturated heterocycles. The Hall–Kier alpha value is -3.98. The number of hydrogen-bond donors (Lipinski definition) is 2. The largest absolute Gasteiger partial charge is 0.439 e. The van der Waals surface area contributed by atoms with Gasteiger partial charge < -0.3 is 19.9 Å². The van der Waals surface area contributed by atoms with E-state index in [4.69, 9.17) is 14.9 Å². The predicted octanol–water partition coefficient (Wildman–Crippen LogP) is 3.49. The first-order valence-electron chi connectivity index (χ1n) is 8.38. The SMILES string of the molecule is N#CC1=C(N)Oc2c(c(=O)oc3ccccc23)C1c1c[nH]c2ccccc12. The van der Waals surface area contributed by atoms with Gasteiger partial charge in [-0.3, -0.25) is 0 Å². The number of aromatic nitrogens is 1. The molecule has 3 N–H and O–H groups in total. The molecule has 1 aliphatic rings. The highest BCUT2D eigenvalue weighted by molar-refractivity contribution is 5.89. The number of H-pyrrole nitrogens is 1. The van der Waals surface area contributed by atoms with E-state index in [1.807, 2.05) is 30.3 Å². The maximum Gasteiger partial charge on any atom is 0.344 e. The van der Waals surface area contributed by atoms with Crippen LogP contribution in [0, 0.1) is 11.3 Å². The van der Waals surface area contributed by atoms with Gasteiger partial charge in [-0.15, -0.1) is 0 Å². The molecular formula is C21H13N3O3. The summed E-state index contributed by atoms with van der Waals surface area (Å²) >= 11 is 0.